The minimum Gasteiger partial charge on any atom is -0.497 e. The zero-order valence-electron chi connectivity index (χ0n) is 25.2. The van der Waals surface area contributed by atoms with Crippen molar-refractivity contribution in [1.82, 2.24) is 4.98 Å². The summed E-state index contributed by atoms with van der Waals surface area (Å²) in [7, 11) is 6.63. The van der Waals surface area contributed by atoms with Crippen molar-refractivity contribution in [2.24, 2.45) is 0 Å². The molecule has 3 aromatic carbocycles. The average molecular weight is 555 g/mol. The summed E-state index contributed by atoms with van der Waals surface area (Å²) in [5.74, 6) is 2.84. The number of nitrogens with zero attached hydrogens (tertiary/aromatic N) is 2. The number of hydrogen-bond acceptors (Lipinski definition) is 6. The number of methoxy groups -OCH3 is 4. The topological polar surface area (TPSA) is 53.1 Å². The van der Waals surface area contributed by atoms with Crippen LogP contribution in [0.5, 0.6) is 23.0 Å². The molecule has 1 aromatic heterocycles. The van der Waals surface area contributed by atoms with Gasteiger partial charge in [-0.3, -0.25) is 0 Å². The molecule has 4 rings (SSSR count). The molecule has 0 aliphatic heterocycles. The third-order valence-corrected chi connectivity index (χ3v) is 7.32. The molecular formula is C35H42N2O4. The van der Waals surface area contributed by atoms with Gasteiger partial charge in [0.15, 0.2) is 0 Å². The molecule has 6 heteroatoms. The predicted molar refractivity (Wildman–Crippen MR) is 169 cm³/mol. The smallest absolute Gasteiger partial charge is 0.131 e. The van der Waals surface area contributed by atoms with Crippen molar-refractivity contribution < 1.29 is 18.9 Å². The molecule has 0 atom stereocenters. The van der Waals surface area contributed by atoms with Crippen molar-refractivity contribution >= 4 is 5.69 Å². The van der Waals surface area contributed by atoms with Gasteiger partial charge in [-0.05, 0) is 72.5 Å². The molecule has 0 saturated carbocycles. The highest BCUT2D eigenvalue weighted by molar-refractivity contribution is 5.81. The van der Waals surface area contributed by atoms with Crippen LogP contribution in [0.2, 0.25) is 0 Å². The van der Waals surface area contributed by atoms with Crippen LogP contribution in [0, 0.1) is 0 Å². The molecule has 0 spiro atoms. The summed E-state index contributed by atoms with van der Waals surface area (Å²) in [4.78, 5) is 7.60. The Morgan fingerprint density at radius 1 is 0.561 bits per heavy atom. The second kappa shape index (κ2) is 14.4. The van der Waals surface area contributed by atoms with E-state index in [4.69, 9.17) is 23.9 Å². The van der Waals surface area contributed by atoms with Crippen LogP contribution < -0.4 is 23.8 Å². The fraction of sp³-hybridized carbons (Fsp3) is 0.343. The Bertz CT molecular complexity index is 1340. The Morgan fingerprint density at radius 3 is 1.46 bits per heavy atom. The number of pyridine rings is 1. The highest BCUT2D eigenvalue weighted by atomic mass is 16.5. The van der Waals surface area contributed by atoms with Gasteiger partial charge >= 0.3 is 0 Å². The van der Waals surface area contributed by atoms with E-state index in [1.165, 1.54) is 31.4 Å². The van der Waals surface area contributed by atoms with Gasteiger partial charge in [0.25, 0.3) is 0 Å². The Balaban J connectivity index is 1.83. The summed E-state index contributed by atoms with van der Waals surface area (Å²) in [6, 6.07) is 24.7. The number of unbranched alkanes of at least 4 members (excludes halogenated alkanes) is 2. The molecule has 6 nitrogen and oxygen atoms in total. The zero-order chi connectivity index (χ0) is 29.2. The fourth-order valence-corrected chi connectivity index (χ4v) is 4.93. The van der Waals surface area contributed by atoms with E-state index in [2.05, 4.69) is 55.1 Å². The Hall–Kier alpha value is -4.19. The molecule has 1 heterocycles. The lowest BCUT2D eigenvalue weighted by Gasteiger charge is -2.25. The molecule has 0 aliphatic rings. The van der Waals surface area contributed by atoms with Gasteiger partial charge in [0, 0.05) is 42.0 Å². The van der Waals surface area contributed by atoms with Crippen molar-refractivity contribution in [2.45, 2.75) is 39.5 Å². The maximum atomic E-state index is 5.75. The van der Waals surface area contributed by atoms with Crippen LogP contribution in [0.4, 0.5) is 5.69 Å². The minimum absolute atomic E-state index is 0.694. The molecule has 216 valence electrons. The van der Waals surface area contributed by atoms with E-state index in [-0.39, 0.29) is 0 Å². The molecular weight excluding hydrogens is 512 g/mol. The van der Waals surface area contributed by atoms with Crippen molar-refractivity contribution in [1.29, 1.82) is 0 Å². The average Bonchev–Trinajstić information content (AvgIpc) is 3.04. The summed E-state index contributed by atoms with van der Waals surface area (Å²) in [5, 5.41) is 0. The van der Waals surface area contributed by atoms with Crippen molar-refractivity contribution in [3.8, 4) is 56.6 Å². The first kappa shape index (κ1) is 29.8. The number of hydrogen-bond donors (Lipinski definition) is 0. The summed E-state index contributed by atoms with van der Waals surface area (Å²) >= 11 is 0. The van der Waals surface area contributed by atoms with E-state index >= 15 is 0 Å². The van der Waals surface area contributed by atoms with Crippen LogP contribution in [0.25, 0.3) is 33.6 Å². The maximum absolute atomic E-state index is 5.75. The minimum atomic E-state index is 0.694. The van der Waals surface area contributed by atoms with Gasteiger partial charge in [-0.25, -0.2) is 4.98 Å². The highest BCUT2D eigenvalue weighted by Gasteiger charge is 2.16. The SMILES string of the molecule is CCCCN(CCCC)c1ccc(-c2cc(-c3ccc(OC)cc3OC)nc(-c3ccc(OC)cc3OC)c2)cc1. The van der Waals surface area contributed by atoms with Gasteiger partial charge in [-0.2, -0.15) is 0 Å². The summed E-state index contributed by atoms with van der Waals surface area (Å²) in [6.07, 6.45) is 4.76. The summed E-state index contributed by atoms with van der Waals surface area (Å²) in [5.41, 5.74) is 6.79. The van der Waals surface area contributed by atoms with E-state index in [1.54, 1.807) is 28.4 Å². The molecule has 0 aliphatic carbocycles. The zero-order valence-corrected chi connectivity index (χ0v) is 25.2. The van der Waals surface area contributed by atoms with E-state index in [9.17, 15) is 0 Å². The van der Waals surface area contributed by atoms with Gasteiger partial charge in [0.1, 0.15) is 23.0 Å². The third-order valence-electron chi connectivity index (χ3n) is 7.32. The normalized spacial score (nSPS) is 10.8. The van der Waals surface area contributed by atoms with Gasteiger partial charge < -0.3 is 23.8 Å². The third kappa shape index (κ3) is 7.12. The van der Waals surface area contributed by atoms with Gasteiger partial charge in [0.05, 0.1) is 39.8 Å². The van der Waals surface area contributed by atoms with Crippen molar-refractivity contribution in [3.63, 3.8) is 0 Å². The van der Waals surface area contributed by atoms with E-state index in [0.29, 0.717) is 11.5 Å². The highest BCUT2D eigenvalue weighted by Crippen LogP contribution is 2.39. The molecule has 0 unspecified atom stereocenters. The molecule has 0 fully saturated rings. The van der Waals surface area contributed by atoms with E-state index < -0.39 is 0 Å². The second-order valence-electron chi connectivity index (χ2n) is 10.00. The monoisotopic (exact) mass is 554 g/mol. The van der Waals surface area contributed by atoms with Crippen molar-refractivity contribution in [3.05, 3.63) is 72.8 Å². The second-order valence-corrected chi connectivity index (χ2v) is 10.00. The molecule has 0 N–H and O–H groups in total. The predicted octanol–water partition coefficient (Wildman–Crippen LogP) is 8.52. The summed E-state index contributed by atoms with van der Waals surface area (Å²) in [6.45, 7) is 6.65. The van der Waals surface area contributed by atoms with Crippen LogP contribution >= 0.6 is 0 Å². The Morgan fingerprint density at radius 2 is 1.05 bits per heavy atom. The van der Waals surface area contributed by atoms with Crippen molar-refractivity contribution in [2.75, 3.05) is 46.4 Å². The number of rotatable bonds is 14. The van der Waals surface area contributed by atoms with Crippen LogP contribution in [-0.2, 0) is 0 Å². The van der Waals surface area contributed by atoms with Crippen LogP contribution in [-0.4, -0.2) is 46.5 Å². The molecule has 41 heavy (non-hydrogen) atoms. The van der Waals surface area contributed by atoms with Gasteiger partial charge in [-0.1, -0.05) is 38.8 Å². The molecule has 0 amide bonds. The lowest BCUT2D eigenvalue weighted by molar-refractivity contribution is 0.395. The summed E-state index contributed by atoms with van der Waals surface area (Å²) < 4.78 is 22.4. The maximum Gasteiger partial charge on any atom is 0.131 e. The molecule has 0 bridgehead atoms. The number of ether oxygens (including phenoxy) is 4. The Labute approximate surface area is 244 Å². The number of benzene rings is 3. The first-order valence-corrected chi connectivity index (χ1v) is 14.4. The van der Waals surface area contributed by atoms with Gasteiger partial charge in [0.2, 0.25) is 0 Å². The first-order valence-electron chi connectivity index (χ1n) is 14.4. The lowest BCUT2D eigenvalue weighted by atomic mass is 9.98. The molecule has 4 aromatic rings. The molecule has 0 saturated heterocycles. The van der Waals surface area contributed by atoms with Gasteiger partial charge in [-0.15, -0.1) is 0 Å². The first-order chi connectivity index (χ1) is 20.0. The Kier molecular flexibility index (Phi) is 10.5. The molecule has 0 radical (unpaired) electrons. The standard InChI is InChI=1S/C35H42N2O4/c1-7-9-19-37(20-10-8-2)27-13-11-25(12-14-27)26-21-32(30-17-15-28(38-3)23-34(30)40-5)36-33(22-26)31-18-16-29(39-4)24-35(31)41-6/h11-18,21-24H,7-10,19-20H2,1-6H3. The van der Waals surface area contributed by atoms with Crippen LogP contribution in [0.1, 0.15) is 39.5 Å². The van der Waals surface area contributed by atoms with E-state index in [0.717, 1.165) is 58.2 Å². The number of aromatic nitrogens is 1. The van der Waals surface area contributed by atoms with Crippen LogP contribution in [0.3, 0.4) is 0 Å². The lowest BCUT2D eigenvalue weighted by Crippen LogP contribution is -2.25. The largest absolute Gasteiger partial charge is 0.497 e. The quantitative estimate of drug-likeness (QED) is 0.156. The van der Waals surface area contributed by atoms with Crippen LogP contribution in [0.15, 0.2) is 72.8 Å². The number of anilines is 1. The van der Waals surface area contributed by atoms with E-state index in [1.807, 2.05) is 36.4 Å². The fourth-order valence-electron chi connectivity index (χ4n) is 4.93.